The Hall–Kier alpha value is -1.47. The van der Waals surface area contributed by atoms with E-state index in [1.165, 1.54) is 4.90 Å². The van der Waals surface area contributed by atoms with Crippen LogP contribution < -0.4 is 0 Å². The minimum absolute atomic E-state index is 0.00406. The quantitative estimate of drug-likeness (QED) is 0.562. The normalized spacial score (nSPS) is 32.2. The Bertz CT molecular complexity index is 438. The zero-order valence-corrected chi connectivity index (χ0v) is 10.3. The van der Waals surface area contributed by atoms with Crippen molar-refractivity contribution in [1.82, 2.24) is 4.90 Å². The van der Waals surface area contributed by atoms with Crippen molar-refractivity contribution in [2.75, 3.05) is 6.54 Å². The molecule has 0 radical (unpaired) electrons. The highest BCUT2D eigenvalue weighted by Crippen LogP contribution is 2.21. The van der Waals surface area contributed by atoms with E-state index in [-0.39, 0.29) is 6.54 Å². The lowest BCUT2D eigenvalue weighted by atomic mass is 9.93. The molecule has 0 bridgehead atoms. The molecule has 1 aliphatic heterocycles. The number of likely N-dealkylation sites (tertiary alicyclic amines) is 1. The monoisotopic (exact) mass is 267 g/mol. The lowest BCUT2D eigenvalue weighted by Crippen LogP contribution is -2.63. The maximum Gasteiger partial charge on any atom is 0.323 e. The van der Waals surface area contributed by atoms with Gasteiger partial charge in [0.15, 0.2) is 0 Å². The molecule has 0 unspecified atom stereocenters. The van der Waals surface area contributed by atoms with Crippen LogP contribution in [0.25, 0.3) is 0 Å². The first-order chi connectivity index (χ1) is 9.00. The van der Waals surface area contributed by atoms with Crippen molar-refractivity contribution >= 4 is 5.97 Å². The summed E-state index contributed by atoms with van der Waals surface area (Å²) in [7, 11) is 0. The fraction of sp³-hybridized carbons (Fsp3) is 0.462. The van der Waals surface area contributed by atoms with E-state index < -0.39 is 30.3 Å². The van der Waals surface area contributed by atoms with E-state index in [0.717, 1.165) is 5.56 Å². The van der Waals surface area contributed by atoms with E-state index in [0.29, 0.717) is 6.54 Å². The summed E-state index contributed by atoms with van der Waals surface area (Å²) in [5.74, 6) is -1.21. The van der Waals surface area contributed by atoms with Gasteiger partial charge in [0.25, 0.3) is 0 Å². The number of aliphatic carboxylic acids is 1. The zero-order chi connectivity index (χ0) is 14.0. The Kier molecular flexibility index (Phi) is 4.16. The number of benzene rings is 1. The van der Waals surface area contributed by atoms with Crippen LogP contribution in [-0.2, 0) is 11.3 Å². The maximum absolute atomic E-state index is 11.2. The number of aliphatic hydroxyl groups is 3. The molecule has 4 N–H and O–H groups in total. The minimum Gasteiger partial charge on any atom is -0.480 e. The third kappa shape index (κ3) is 2.93. The second kappa shape index (κ2) is 5.66. The summed E-state index contributed by atoms with van der Waals surface area (Å²) >= 11 is 0. The van der Waals surface area contributed by atoms with Crippen LogP contribution in [0.3, 0.4) is 0 Å². The zero-order valence-electron chi connectivity index (χ0n) is 10.3. The molecule has 4 atom stereocenters. The Labute approximate surface area is 110 Å². The van der Waals surface area contributed by atoms with Gasteiger partial charge in [0.2, 0.25) is 0 Å². The molecule has 19 heavy (non-hydrogen) atoms. The molecule has 1 aromatic rings. The van der Waals surface area contributed by atoms with Crippen LogP contribution in [0.4, 0.5) is 0 Å². The predicted molar refractivity (Wildman–Crippen MR) is 66.3 cm³/mol. The van der Waals surface area contributed by atoms with Crippen molar-refractivity contribution < 1.29 is 25.2 Å². The van der Waals surface area contributed by atoms with Crippen molar-refractivity contribution in [3.8, 4) is 0 Å². The molecule has 0 aliphatic carbocycles. The van der Waals surface area contributed by atoms with Gasteiger partial charge in [0.05, 0.1) is 6.10 Å². The van der Waals surface area contributed by atoms with Crippen molar-refractivity contribution in [1.29, 1.82) is 0 Å². The highest BCUT2D eigenvalue weighted by molar-refractivity contribution is 5.74. The summed E-state index contributed by atoms with van der Waals surface area (Å²) in [6.45, 7) is 0.294. The van der Waals surface area contributed by atoms with Gasteiger partial charge in [-0.1, -0.05) is 30.3 Å². The molecular weight excluding hydrogens is 250 g/mol. The van der Waals surface area contributed by atoms with Crippen LogP contribution in [0.2, 0.25) is 0 Å². The van der Waals surface area contributed by atoms with Gasteiger partial charge in [-0.2, -0.15) is 0 Å². The number of hydrogen-bond donors (Lipinski definition) is 4. The van der Waals surface area contributed by atoms with E-state index in [9.17, 15) is 20.1 Å². The van der Waals surface area contributed by atoms with E-state index in [4.69, 9.17) is 5.11 Å². The number of β-amino-alcohol motifs (C(OH)–C–C–N with tert-alkyl or cyclic N) is 1. The Morgan fingerprint density at radius 2 is 1.79 bits per heavy atom. The molecule has 0 spiro atoms. The van der Waals surface area contributed by atoms with Gasteiger partial charge in [-0.25, -0.2) is 0 Å². The van der Waals surface area contributed by atoms with Gasteiger partial charge in [-0.05, 0) is 5.56 Å². The van der Waals surface area contributed by atoms with Gasteiger partial charge in [0, 0.05) is 13.1 Å². The first kappa shape index (κ1) is 14.0. The van der Waals surface area contributed by atoms with E-state index in [2.05, 4.69) is 0 Å². The van der Waals surface area contributed by atoms with Crippen LogP contribution in [0.1, 0.15) is 5.56 Å². The number of piperidine rings is 1. The number of carbonyl (C=O) groups is 1. The van der Waals surface area contributed by atoms with Gasteiger partial charge >= 0.3 is 5.97 Å². The number of aliphatic hydroxyl groups excluding tert-OH is 3. The molecule has 0 saturated carbocycles. The van der Waals surface area contributed by atoms with Crippen molar-refractivity contribution in [3.63, 3.8) is 0 Å². The molecule has 6 heteroatoms. The van der Waals surface area contributed by atoms with Gasteiger partial charge in [0.1, 0.15) is 18.2 Å². The SMILES string of the molecule is O=C(O)[C@H]1[C@@H](O)[C@H](O)[C@H](O)CN1Cc1ccccc1. The van der Waals surface area contributed by atoms with E-state index in [1.54, 1.807) is 0 Å². The molecule has 6 nitrogen and oxygen atoms in total. The van der Waals surface area contributed by atoms with Crippen LogP contribution in [0, 0.1) is 0 Å². The van der Waals surface area contributed by atoms with Crippen molar-refractivity contribution in [3.05, 3.63) is 35.9 Å². The van der Waals surface area contributed by atoms with Crippen LogP contribution in [-0.4, -0.2) is 62.2 Å². The number of carboxylic acid groups (broad SMARTS) is 1. The minimum atomic E-state index is -1.51. The van der Waals surface area contributed by atoms with Gasteiger partial charge in [-0.15, -0.1) is 0 Å². The molecule has 1 saturated heterocycles. The Morgan fingerprint density at radius 3 is 2.37 bits per heavy atom. The first-order valence-electron chi connectivity index (χ1n) is 6.05. The second-order valence-corrected chi connectivity index (χ2v) is 4.75. The highest BCUT2D eigenvalue weighted by Gasteiger charge is 2.45. The lowest BCUT2D eigenvalue weighted by Gasteiger charge is -2.41. The van der Waals surface area contributed by atoms with Gasteiger partial charge in [-0.3, -0.25) is 9.69 Å². The van der Waals surface area contributed by atoms with Crippen LogP contribution in [0.15, 0.2) is 30.3 Å². The highest BCUT2D eigenvalue weighted by atomic mass is 16.4. The average Bonchev–Trinajstić information content (AvgIpc) is 2.37. The fourth-order valence-corrected chi connectivity index (χ4v) is 2.38. The Morgan fingerprint density at radius 1 is 1.16 bits per heavy atom. The first-order valence-corrected chi connectivity index (χ1v) is 6.05. The Balaban J connectivity index is 2.19. The molecule has 1 aliphatic rings. The summed E-state index contributed by atoms with van der Waals surface area (Å²) in [4.78, 5) is 12.7. The van der Waals surface area contributed by atoms with Crippen molar-refractivity contribution in [2.45, 2.75) is 30.9 Å². The number of hydrogen-bond acceptors (Lipinski definition) is 5. The second-order valence-electron chi connectivity index (χ2n) is 4.75. The summed E-state index contributed by atoms with van der Waals surface area (Å²) < 4.78 is 0. The molecular formula is C13H17NO5. The molecule has 1 fully saturated rings. The third-order valence-corrected chi connectivity index (χ3v) is 3.36. The van der Waals surface area contributed by atoms with Gasteiger partial charge < -0.3 is 20.4 Å². The lowest BCUT2D eigenvalue weighted by molar-refractivity contribution is -0.171. The largest absolute Gasteiger partial charge is 0.480 e. The maximum atomic E-state index is 11.2. The summed E-state index contributed by atoms with van der Waals surface area (Å²) in [6.07, 6.45) is -4.10. The smallest absolute Gasteiger partial charge is 0.323 e. The molecule has 1 heterocycles. The molecule has 0 amide bonds. The van der Waals surface area contributed by atoms with Crippen molar-refractivity contribution in [2.24, 2.45) is 0 Å². The fourth-order valence-electron chi connectivity index (χ4n) is 2.38. The molecule has 0 aromatic heterocycles. The topological polar surface area (TPSA) is 101 Å². The van der Waals surface area contributed by atoms with E-state index in [1.807, 2.05) is 30.3 Å². The summed E-state index contributed by atoms with van der Waals surface area (Å²) in [6, 6.07) is 7.96. The molecule has 2 rings (SSSR count). The standard InChI is InChI=1S/C13H17NO5/c15-9-7-14(6-8-4-2-1-3-5-8)10(13(18)19)12(17)11(9)16/h1-5,9-12,15-17H,6-7H2,(H,18,19)/t9-,10-,11-,12-/m1/s1. The molecule has 1 aromatic carbocycles. The average molecular weight is 267 g/mol. The van der Waals surface area contributed by atoms with Crippen LogP contribution >= 0.6 is 0 Å². The third-order valence-electron chi connectivity index (χ3n) is 3.36. The summed E-state index contributed by atoms with van der Waals surface area (Å²) in [5.41, 5.74) is 0.879. The number of nitrogens with zero attached hydrogens (tertiary/aromatic N) is 1. The van der Waals surface area contributed by atoms with Crippen LogP contribution in [0.5, 0.6) is 0 Å². The van der Waals surface area contributed by atoms with E-state index >= 15 is 0 Å². The predicted octanol–water partition coefficient (Wildman–Crippen LogP) is -0.962. The summed E-state index contributed by atoms with van der Waals surface area (Å²) in [5, 5.41) is 38.2. The molecule has 104 valence electrons. The number of carboxylic acids is 1. The number of rotatable bonds is 3.